The van der Waals surface area contributed by atoms with Crippen molar-refractivity contribution >= 4 is 21.7 Å². The molecule has 0 radical (unpaired) electrons. The molecule has 3 rings (SSSR count). The second-order valence-corrected chi connectivity index (χ2v) is 10.3. The zero-order chi connectivity index (χ0) is 25.1. The zero-order valence-electron chi connectivity index (χ0n) is 20.3. The number of sulfonamides is 1. The number of carbonyl (C=O) groups excluding carboxylic acids is 1. The number of rotatable bonds is 13. The van der Waals surface area contributed by atoms with E-state index in [-0.39, 0.29) is 17.3 Å². The van der Waals surface area contributed by atoms with Crippen LogP contribution in [0.25, 0.3) is 0 Å². The SMILES string of the molecule is CCCC(=N)c1ccc(CCCC(=O)Oc2ccc(S(=O)(=O)NCCN3CCOCC3)cc2)cc1. The number of ether oxygens (including phenoxy) is 2. The average Bonchev–Trinajstić information content (AvgIpc) is 2.85. The van der Waals surface area contributed by atoms with E-state index in [0.717, 1.165) is 43.5 Å². The Kier molecular flexibility index (Phi) is 10.4. The van der Waals surface area contributed by atoms with Crippen molar-refractivity contribution in [2.45, 2.75) is 43.9 Å². The molecule has 2 N–H and O–H groups in total. The van der Waals surface area contributed by atoms with E-state index < -0.39 is 10.0 Å². The molecule has 1 fully saturated rings. The minimum Gasteiger partial charge on any atom is -0.427 e. The van der Waals surface area contributed by atoms with Gasteiger partial charge in [-0.25, -0.2) is 13.1 Å². The lowest BCUT2D eigenvalue weighted by atomic mass is 10.0. The summed E-state index contributed by atoms with van der Waals surface area (Å²) in [4.78, 5) is 14.5. The van der Waals surface area contributed by atoms with E-state index in [9.17, 15) is 13.2 Å². The van der Waals surface area contributed by atoms with Crippen molar-refractivity contribution in [2.75, 3.05) is 39.4 Å². The summed E-state index contributed by atoms with van der Waals surface area (Å²) in [6, 6.07) is 13.8. The van der Waals surface area contributed by atoms with Crippen LogP contribution >= 0.6 is 0 Å². The summed E-state index contributed by atoms with van der Waals surface area (Å²) in [5.74, 6) is -0.0355. The second kappa shape index (κ2) is 13.5. The molecular weight excluding hydrogens is 466 g/mol. The van der Waals surface area contributed by atoms with Gasteiger partial charge in [0.1, 0.15) is 5.75 Å². The highest BCUT2D eigenvalue weighted by Crippen LogP contribution is 2.17. The minimum absolute atomic E-state index is 0.134. The molecule has 8 nitrogen and oxygen atoms in total. The molecule has 1 saturated heterocycles. The Balaban J connectivity index is 1.40. The van der Waals surface area contributed by atoms with E-state index in [1.807, 2.05) is 24.3 Å². The standard InChI is InChI=1S/C26H35N3O5S/c1-2-4-25(27)22-9-7-21(8-10-22)5-3-6-26(30)34-23-11-13-24(14-12-23)35(31,32)28-15-16-29-17-19-33-20-18-29/h7-14,27-28H,2-6,15-20H2,1H3. The summed E-state index contributed by atoms with van der Waals surface area (Å²) in [6.45, 7) is 5.96. The molecule has 0 saturated carbocycles. The van der Waals surface area contributed by atoms with E-state index in [0.29, 0.717) is 44.2 Å². The number of nitrogens with zero attached hydrogens (tertiary/aromatic N) is 1. The molecule has 1 heterocycles. The number of morpholine rings is 1. The first-order valence-corrected chi connectivity index (χ1v) is 13.6. The van der Waals surface area contributed by atoms with Gasteiger partial charge in [-0.15, -0.1) is 0 Å². The van der Waals surface area contributed by atoms with Crippen LogP contribution in [0.4, 0.5) is 0 Å². The Morgan fingerprint density at radius 2 is 1.74 bits per heavy atom. The molecule has 1 aliphatic heterocycles. The van der Waals surface area contributed by atoms with E-state index in [4.69, 9.17) is 14.9 Å². The fourth-order valence-corrected chi connectivity index (χ4v) is 4.84. The molecule has 0 spiro atoms. The Morgan fingerprint density at radius 1 is 1.06 bits per heavy atom. The van der Waals surface area contributed by atoms with Gasteiger partial charge in [-0.2, -0.15) is 0 Å². The van der Waals surface area contributed by atoms with Gasteiger partial charge in [-0.3, -0.25) is 9.69 Å². The van der Waals surface area contributed by atoms with Gasteiger partial charge >= 0.3 is 5.97 Å². The summed E-state index contributed by atoms with van der Waals surface area (Å²) in [6.07, 6.45) is 3.36. The first kappa shape index (κ1) is 27.0. The Morgan fingerprint density at radius 3 is 2.40 bits per heavy atom. The molecule has 0 unspecified atom stereocenters. The van der Waals surface area contributed by atoms with Gasteiger partial charge in [0, 0.05) is 38.3 Å². The monoisotopic (exact) mass is 501 g/mol. The predicted octanol–water partition coefficient (Wildman–Crippen LogP) is 3.39. The topological polar surface area (TPSA) is 109 Å². The van der Waals surface area contributed by atoms with Gasteiger partial charge in [0.25, 0.3) is 0 Å². The summed E-state index contributed by atoms with van der Waals surface area (Å²) in [5, 5.41) is 8.01. The lowest BCUT2D eigenvalue weighted by Crippen LogP contribution is -2.41. The summed E-state index contributed by atoms with van der Waals surface area (Å²) >= 11 is 0. The van der Waals surface area contributed by atoms with Crippen LogP contribution in [-0.4, -0.2) is 64.4 Å². The molecule has 0 bridgehead atoms. The lowest BCUT2D eigenvalue weighted by molar-refractivity contribution is -0.134. The number of carbonyl (C=O) groups is 1. The quantitative estimate of drug-likeness (QED) is 0.247. The summed E-state index contributed by atoms with van der Waals surface area (Å²) in [7, 11) is -3.62. The number of nitrogens with one attached hydrogen (secondary N) is 2. The molecule has 190 valence electrons. The number of esters is 1. The second-order valence-electron chi connectivity index (χ2n) is 8.58. The minimum atomic E-state index is -3.62. The van der Waals surface area contributed by atoms with Gasteiger partial charge < -0.3 is 14.9 Å². The van der Waals surface area contributed by atoms with Crippen LogP contribution in [-0.2, 0) is 26.0 Å². The lowest BCUT2D eigenvalue weighted by Gasteiger charge is -2.26. The first-order chi connectivity index (χ1) is 16.9. The van der Waals surface area contributed by atoms with Crippen molar-refractivity contribution in [3.05, 3.63) is 59.7 Å². The third-order valence-electron chi connectivity index (χ3n) is 5.84. The van der Waals surface area contributed by atoms with Gasteiger partial charge in [0.15, 0.2) is 0 Å². The van der Waals surface area contributed by atoms with Crippen LogP contribution in [0.15, 0.2) is 53.4 Å². The van der Waals surface area contributed by atoms with Crippen LogP contribution in [0.2, 0.25) is 0 Å². The van der Waals surface area contributed by atoms with E-state index >= 15 is 0 Å². The molecule has 35 heavy (non-hydrogen) atoms. The van der Waals surface area contributed by atoms with Gasteiger partial charge in [-0.05, 0) is 54.7 Å². The number of hydrogen-bond acceptors (Lipinski definition) is 7. The molecule has 0 atom stereocenters. The van der Waals surface area contributed by atoms with Crippen molar-refractivity contribution in [2.24, 2.45) is 0 Å². The van der Waals surface area contributed by atoms with Gasteiger partial charge in [0.05, 0.1) is 18.1 Å². The first-order valence-electron chi connectivity index (χ1n) is 12.1. The van der Waals surface area contributed by atoms with E-state index in [1.54, 1.807) is 0 Å². The predicted molar refractivity (Wildman–Crippen MR) is 136 cm³/mol. The van der Waals surface area contributed by atoms with Crippen molar-refractivity contribution in [1.29, 1.82) is 5.41 Å². The van der Waals surface area contributed by atoms with Gasteiger partial charge in [-0.1, -0.05) is 37.6 Å². The van der Waals surface area contributed by atoms with Gasteiger partial charge in [0.2, 0.25) is 10.0 Å². The van der Waals surface area contributed by atoms with Crippen molar-refractivity contribution in [3.63, 3.8) is 0 Å². The van der Waals surface area contributed by atoms with E-state index in [2.05, 4.69) is 16.5 Å². The molecule has 0 aromatic heterocycles. The van der Waals surface area contributed by atoms with Crippen molar-refractivity contribution < 1.29 is 22.7 Å². The molecule has 0 amide bonds. The van der Waals surface area contributed by atoms with Crippen molar-refractivity contribution in [1.82, 2.24) is 9.62 Å². The average molecular weight is 502 g/mol. The van der Waals surface area contributed by atoms with Crippen LogP contribution in [0, 0.1) is 5.41 Å². The third kappa shape index (κ3) is 8.85. The number of aryl methyl sites for hydroxylation is 1. The fraction of sp³-hybridized carbons (Fsp3) is 0.462. The number of hydrogen-bond donors (Lipinski definition) is 2. The van der Waals surface area contributed by atoms with Crippen LogP contribution in [0.1, 0.15) is 43.7 Å². The Bertz CT molecular complexity index is 1060. The zero-order valence-corrected chi connectivity index (χ0v) is 21.1. The molecule has 9 heteroatoms. The highest BCUT2D eigenvalue weighted by Gasteiger charge is 2.16. The number of benzene rings is 2. The highest BCUT2D eigenvalue weighted by atomic mass is 32.2. The molecule has 1 aliphatic rings. The van der Waals surface area contributed by atoms with Crippen LogP contribution in [0.3, 0.4) is 0 Å². The van der Waals surface area contributed by atoms with Crippen LogP contribution in [0.5, 0.6) is 5.75 Å². The highest BCUT2D eigenvalue weighted by molar-refractivity contribution is 7.89. The maximum atomic E-state index is 12.5. The largest absolute Gasteiger partial charge is 0.427 e. The third-order valence-corrected chi connectivity index (χ3v) is 7.32. The van der Waals surface area contributed by atoms with E-state index in [1.165, 1.54) is 24.3 Å². The summed E-state index contributed by atoms with van der Waals surface area (Å²) in [5.41, 5.74) is 2.69. The maximum Gasteiger partial charge on any atom is 0.311 e. The smallest absolute Gasteiger partial charge is 0.311 e. The summed E-state index contributed by atoms with van der Waals surface area (Å²) < 4.78 is 38.3. The fourth-order valence-electron chi connectivity index (χ4n) is 3.82. The Labute approximate surface area is 208 Å². The van der Waals surface area contributed by atoms with Crippen LogP contribution < -0.4 is 9.46 Å². The normalized spacial score (nSPS) is 14.5. The molecule has 2 aromatic rings. The Hall–Kier alpha value is -2.59. The van der Waals surface area contributed by atoms with Crippen molar-refractivity contribution in [3.8, 4) is 5.75 Å². The molecule has 2 aromatic carbocycles. The maximum absolute atomic E-state index is 12.5. The molecular formula is C26H35N3O5S. The molecule has 0 aliphatic carbocycles.